The zero-order valence-electron chi connectivity index (χ0n) is 24.0. The zero-order valence-corrected chi connectivity index (χ0v) is 27.2. The van der Waals surface area contributed by atoms with E-state index in [1.54, 1.807) is 45.0 Å². The summed E-state index contributed by atoms with van der Waals surface area (Å²) in [6.45, 7) is 6.29. The molecule has 13 heteroatoms. The maximum atomic E-state index is 13.6. The third-order valence-electron chi connectivity index (χ3n) is 7.62. The minimum atomic E-state index is -3.76. The van der Waals surface area contributed by atoms with Gasteiger partial charge in [-0.05, 0) is 78.9 Å². The molecule has 2 aromatic heterocycles. The van der Waals surface area contributed by atoms with Gasteiger partial charge in [0.25, 0.3) is 0 Å². The number of fused-ring (bicyclic) bond motifs is 1. The van der Waals surface area contributed by atoms with Crippen molar-refractivity contribution in [2.24, 2.45) is 5.92 Å². The molecule has 0 spiro atoms. The van der Waals surface area contributed by atoms with Gasteiger partial charge < -0.3 is 15.0 Å². The van der Waals surface area contributed by atoms with Crippen LogP contribution in [-0.2, 0) is 19.6 Å². The van der Waals surface area contributed by atoms with E-state index < -0.39 is 27.6 Å². The molecule has 1 saturated carbocycles. The van der Waals surface area contributed by atoms with Gasteiger partial charge in [0.05, 0.1) is 10.8 Å². The predicted molar refractivity (Wildman–Crippen MR) is 166 cm³/mol. The molecule has 1 unspecified atom stereocenters. The smallest absolute Gasteiger partial charge is 0.410 e. The summed E-state index contributed by atoms with van der Waals surface area (Å²) in [5, 5.41) is 3.48. The fourth-order valence-corrected chi connectivity index (χ4v) is 8.16. The van der Waals surface area contributed by atoms with Crippen molar-refractivity contribution in [3.05, 3.63) is 46.6 Å². The molecular weight excluding hydrogens is 642 g/mol. The molecule has 1 aromatic carbocycles. The highest BCUT2D eigenvalue weighted by Gasteiger charge is 2.33. The van der Waals surface area contributed by atoms with E-state index >= 15 is 0 Å². The van der Waals surface area contributed by atoms with E-state index in [4.69, 9.17) is 4.74 Å². The molecule has 1 N–H and O–H groups in total. The fourth-order valence-electron chi connectivity index (χ4n) is 5.47. The first kappa shape index (κ1) is 30.8. The van der Waals surface area contributed by atoms with Crippen LogP contribution in [0, 0.1) is 5.92 Å². The van der Waals surface area contributed by atoms with E-state index in [0.29, 0.717) is 27.6 Å². The van der Waals surface area contributed by atoms with Gasteiger partial charge in [-0.1, -0.05) is 49.2 Å². The molecule has 1 atom stereocenters. The average Bonchev–Trinajstić information content (AvgIpc) is 3.60. The van der Waals surface area contributed by atoms with Crippen molar-refractivity contribution >= 4 is 64.8 Å². The summed E-state index contributed by atoms with van der Waals surface area (Å²) in [4.78, 5) is 37.4. The molecule has 3 aromatic rings. The van der Waals surface area contributed by atoms with Gasteiger partial charge in [-0.25, -0.2) is 23.2 Å². The SMILES string of the molecule is CC(C)(C)OC(=O)N1CCN(S(=O)(=O)c2ccc(C(CC3CCCC3)C(=O)Nc3nc4ccc(Br)nc4s3)cc2)CC1. The van der Waals surface area contributed by atoms with Crippen LogP contribution in [0.4, 0.5) is 9.93 Å². The molecule has 42 heavy (non-hydrogen) atoms. The van der Waals surface area contributed by atoms with E-state index in [-0.39, 0.29) is 37.0 Å². The Morgan fingerprint density at radius 3 is 2.36 bits per heavy atom. The Hall–Kier alpha value is -2.61. The monoisotopic (exact) mass is 677 g/mol. The number of benzene rings is 1. The Bertz CT molecular complexity index is 1540. The minimum Gasteiger partial charge on any atom is -0.444 e. The van der Waals surface area contributed by atoms with Gasteiger partial charge in [0.1, 0.15) is 20.6 Å². The van der Waals surface area contributed by atoms with Crippen LogP contribution in [0.2, 0.25) is 0 Å². The molecule has 0 bridgehead atoms. The van der Waals surface area contributed by atoms with Crippen LogP contribution in [-0.4, -0.2) is 71.4 Å². The molecule has 3 heterocycles. The normalized spacial score (nSPS) is 17.9. The van der Waals surface area contributed by atoms with Crippen molar-refractivity contribution in [1.29, 1.82) is 0 Å². The highest BCUT2D eigenvalue weighted by atomic mass is 79.9. The summed E-state index contributed by atoms with van der Waals surface area (Å²) in [7, 11) is -3.76. The number of anilines is 1. The first-order valence-electron chi connectivity index (χ1n) is 14.2. The number of pyridine rings is 1. The summed E-state index contributed by atoms with van der Waals surface area (Å²) < 4.78 is 34.4. The molecule has 5 rings (SSSR count). The third kappa shape index (κ3) is 7.29. The van der Waals surface area contributed by atoms with Crippen LogP contribution >= 0.6 is 27.3 Å². The van der Waals surface area contributed by atoms with Crippen molar-refractivity contribution in [1.82, 2.24) is 19.2 Å². The van der Waals surface area contributed by atoms with E-state index in [1.165, 1.54) is 20.5 Å². The number of nitrogens with zero attached hydrogens (tertiary/aromatic N) is 4. The Labute approximate surface area is 259 Å². The summed E-state index contributed by atoms with van der Waals surface area (Å²) in [6.07, 6.45) is 4.76. The Balaban J connectivity index is 1.29. The van der Waals surface area contributed by atoms with Crippen LogP contribution in [0.3, 0.4) is 0 Å². The van der Waals surface area contributed by atoms with Crippen LogP contribution in [0.25, 0.3) is 10.3 Å². The van der Waals surface area contributed by atoms with Crippen molar-refractivity contribution in [3.8, 4) is 0 Å². The van der Waals surface area contributed by atoms with E-state index in [1.807, 2.05) is 12.1 Å². The number of hydrogen-bond donors (Lipinski definition) is 1. The summed E-state index contributed by atoms with van der Waals surface area (Å²) in [6, 6.07) is 10.3. The van der Waals surface area contributed by atoms with Crippen LogP contribution in [0.5, 0.6) is 0 Å². The number of ether oxygens (including phenoxy) is 1. The highest BCUT2D eigenvalue weighted by molar-refractivity contribution is 9.10. The maximum absolute atomic E-state index is 13.6. The number of thiazole rings is 1. The second-order valence-corrected chi connectivity index (χ2v) is 15.6. The molecule has 2 aliphatic rings. The number of sulfonamides is 1. The predicted octanol–water partition coefficient (Wildman–Crippen LogP) is 6.00. The van der Waals surface area contributed by atoms with Gasteiger partial charge in [-0.2, -0.15) is 4.31 Å². The molecule has 2 amide bonds. The van der Waals surface area contributed by atoms with Crippen LogP contribution < -0.4 is 5.32 Å². The van der Waals surface area contributed by atoms with Gasteiger partial charge in [0.2, 0.25) is 15.9 Å². The lowest BCUT2D eigenvalue weighted by Gasteiger charge is -2.35. The Morgan fingerprint density at radius 2 is 1.71 bits per heavy atom. The van der Waals surface area contributed by atoms with Gasteiger partial charge in [-0.3, -0.25) is 4.79 Å². The molecular formula is C29H36BrN5O5S2. The lowest BCUT2D eigenvalue weighted by atomic mass is 9.87. The van der Waals surface area contributed by atoms with Crippen LogP contribution in [0.1, 0.15) is 64.4 Å². The van der Waals surface area contributed by atoms with Gasteiger partial charge in [0.15, 0.2) is 5.13 Å². The van der Waals surface area contributed by atoms with E-state index in [0.717, 1.165) is 36.1 Å². The van der Waals surface area contributed by atoms with Gasteiger partial charge in [0, 0.05) is 26.2 Å². The first-order valence-corrected chi connectivity index (χ1v) is 17.3. The Kier molecular flexibility index (Phi) is 9.22. The van der Waals surface area contributed by atoms with Crippen molar-refractivity contribution in [3.63, 3.8) is 0 Å². The third-order valence-corrected chi connectivity index (χ3v) is 10.9. The average molecular weight is 679 g/mol. The molecule has 226 valence electrons. The van der Waals surface area contributed by atoms with E-state index in [9.17, 15) is 18.0 Å². The largest absolute Gasteiger partial charge is 0.444 e. The van der Waals surface area contributed by atoms with E-state index in [2.05, 4.69) is 31.2 Å². The molecule has 1 saturated heterocycles. The number of piperazine rings is 1. The number of carbonyl (C=O) groups excluding carboxylic acids is 2. The number of halogens is 1. The second kappa shape index (κ2) is 12.6. The highest BCUT2D eigenvalue weighted by Crippen LogP contribution is 2.36. The molecule has 2 fully saturated rings. The quantitative estimate of drug-likeness (QED) is 0.305. The number of hydrogen-bond acceptors (Lipinski definition) is 8. The van der Waals surface area contributed by atoms with Crippen molar-refractivity contribution in [2.45, 2.75) is 69.3 Å². The fraction of sp³-hybridized carbons (Fsp3) is 0.517. The summed E-state index contributed by atoms with van der Waals surface area (Å²) in [5.74, 6) is -0.152. The lowest BCUT2D eigenvalue weighted by molar-refractivity contribution is -0.118. The van der Waals surface area contributed by atoms with Gasteiger partial charge >= 0.3 is 6.09 Å². The van der Waals surface area contributed by atoms with Gasteiger partial charge in [-0.15, -0.1) is 0 Å². The number of carbonyl (C=O) groups is 2. The standard InChI is InChI=1S/C29H36BrN5O5S2/c1-29(2,3)40-28(37)34-14-16-35(17-15-34)42(38,39)21-10-8-20(9-11-21)22(18-19-6-4-5-7-19)25(36)33-27-31-23-12-13-24(30)32-26(23)41-27/h8-13,19,22H,4-7,14-18H2,1-3H3,(H,31,33,36). The zero-order chi connectivity index (χ0) is 30.1. The first-order chi connectivity index (χ1) is 19.9. The summed E-state index contributed by atoms with van der Waals surface area (Å²) in [5.41, 5.74) is 0.875. The number of aromatic nitrogens is 2. The second-order valence-electron chi connectivity index (χ2n) is 11.8. The van der Waals surface area contributed by atoms with Crippen molar-refractivity contribution < 1.29 is 22.7 Å². The molecule has 1 aliphatic carbocycles. The summed E-state index contributed by atoms with van der Waals surface area (Å²) >= 11 is 4.69. The van der Waals surface area contributed by atoms with Crippen molar-refractivity contribution in [2.75, 3.05) is 31.5 Å². The number of amides is 2. The number of nitrogens with one attached hydrogen (secondary N) is 1. The molecule has 1 aliphatic heterocycles. The minimum absolute atomic E-state index is 0.158. The molecule has 10 nitrogen and oxygen atoms in total. The maximum Gasteiger partial charge on any atom is 0.410 e. The van der Waals surface area contributed by atoms with Crippen LogP contribution in [0.15, 0.2) is 45.9 Å². The Morgan fingerprint density at radius 1 is 1.05 bits per heavy atom. The molecule has 0 radical (unpaired) electrons. The lowest BCUT2D eigenvalue weighted by Crippen LogP contribution is -2.51. The topological polar surface area (TPSA) is 122 Å². The number of rotatable bonds is 7.